The lowest BCUT2D eigenvalue weighted by molar-refractivity contribution is 0.0695. The SMILES string of the molecule is Cc1[nH]cc(C(C)C)c1C(=O)O. The number of aryl methyl sites for hydroxylation is 1. The van der Waals surface area contributed by atoms with Crippen LogP contribution in [0.4, 0.5) is 0 Å². The third kappa shape index (κ3) is 1.35. The number of aromatic amines is 1. The van der Waals surface area contributed by atoms with Crippen molar-refractivity contribution in [2.75, 3.05) is 0 Å². The Balaban J connectivity index is 3.21. The minimum atomic E-state index is -0.850. The zero-order chi connectivity index (χ0) is 9.30. The summed E-state index contributed by atoms with van der Waals surface area (Å²) in [4.78, 5) is 13.7. The summed E-state index contributed by atoms with van der Waals surface area (Å²) in [6, 6.07) is 0. The van der Waals surface area contributed by atoms with Gasteiger partial charge >= 0.3 is 5.97 Å². The number of hydrogen-bond acceptors (Lipinski definition) is 1. The highest BCUT2D eigenvalue weighted by molar-refractivity contribution is 5.91. The minimum Gasteiger partial charge on any atom is -0.478 e. The number of nitrogens with one attached hydrogen (secondary N) is 1. The van der Waals surface area contributed by atoms with E-state index in [1.54, 1.807) is 13.1 Å². The molecule has 1 aromatic heterocycles. The Kier molecular flexibility index (Phi) is 2.22. The zero-order valence-corrected chi connectivity index (χ0v) is 7.51. The average molecular weight is 167 g/mol. The van der Waals surface area contributed by atoms with E-state index in [1.807, 2.05) is 13.8 Å². The summed E-state index contributed by atoms with van der Waals surface area (Å²) < 4.78 is 0. The first-order chi connectivity index (χ1) is 5.54. The quantitative estimate of drug-likeness (QED) is 0.709. The van der Waals surface area contributed by atoms with Crippen molar-refractivity contribution in [3.05, 3.63) is 23.0 Å². The number of hydrogen-bond donors (Lipinski definition) is 2. The monoisotopic (exact) mass is 167 g/mol. The smallest absolute Gasteiger partial charge is 0.337 e. The van der Waals surface area contributed by atoms with Crippen molar-refractivity contribution in [2.45, 2.75) is 26.7 Å². The number of aromatic carboxylic acids is 1. The van der Waals surface area contributed by atoms with Crippen LogP contribution in [0.25, 0.3) is 0 Å². The Morgan fingerprint density at radius 2 is 2.17 bits per heavy atom. The van der Waals surface area contributed by atoms with Crippen LogP contribution >= 0.6 is 0 Å². The van der Waals surface area contributed by atoms with Crippen molar-refractivity contribution in [3.63, 3.8) is 0 Å². The largest absolute Gasteiger partial charge is 0.478 e. The summed E-state index contributed by atoms with van der Waals surface area (Å²) in [5.74, 6) is -0.599. The number of carboxylic acids is 1. The van der Waals surface area contributed by atoms with E-state index in [1.165, 1.54) is 0 Å². The van der Waals surface area contributed by atoms with E-state index in [0.717, 1.165) is 11.3 Å². The van der Waals surface area contributed by atoms with E-state index in [4.69, 9.17) is 5.11 Å². The second-order valence-corrected chi connectivity index (χ2v) is 3.20. The van der Waals surface area contributed by atoms with Gasteiger partial charge in [-0.15, -0.1) is 0 Å². The van der Waals surface area contributed by atoms with Gasteiger partial charge in [-0.05, 0) is 18.4 Å². The molecule has 0 saturated heterocycles. The van der Waals surface area contributed by atoms with Gasteiger partial charge in [-0.2, -0.15) is 0 Å². The standard InChI is InChI=1S/C9H13NO2/c1-5(2)7-4-10-6(3)8(7)9(11)12/h4-5,10H,1-3H3,(H,11,12). The van der Waals surface area contributed by atoms with Gasteiger partial charge in [-0.1, -0.05) is 13.8 Å². The molecule has 0 bridgehead atoms. The first kappa shape index (κ1) is 8.84. The van der Waals surface area contributed by atoms with Gasteiger partial charge in [0.2, 0.25) is 0 Å². The first-order valence-corrected chi connectivity index (χ1v) is 3.95. The van der Waals surface area contributed by atoms with Crippen molar-refractivity contribution < 1.29 is 9.90 Å². The van der Waals surface area contributed by atoms with E-state index in [9.17, 15) is 4.79 Å². The van der Waals surface area contributed by atoms with Crippen LogP contribution in [0.3, 0.4) is 0 Å². The highest BCUT2D eigenvalue weighted by Gasteiger charge is 2.16. The summed E-state index contributed by atoms with van der Waals surface area (Å²) in [6.07, 6.45) is 1.77. The molecule has 0 aliphatic heterocycles. The lowest BCUT2D eigenvalue weighted by Crippen LogP contribution is -2.02. The molecule has 0 spiro atoms. The lowest BCUT2D eigenvalue weighted by Gasteiger charge is -2.03. The fourth-order valence-corrected chi connectivity index (χ4v) is 1.29. The number of H-pyrrole nitrogens is 1. The van der Waals surface area contributed by atoms with E-state index >= 15 is 0 Å². The normalized spacial score (nSPS) is 10.7. The van der Waals surface area contributed by atoms with E-state index in [-0.39, 0.29) is 5.92 Å². The molecule has 1 aromatic rings. The van der Waals surface area contributed by atoms with Crippen LogP contribution in [-0.4, -0.2) is 16.1 Å². The third-order valence-corrected chi connectivity index (χ3v) is 1.94. The van der Waals surface area contributed by atoms with Gasteiger partial charge in [0.05, 0.1) is 5.56 Å². The van der Waals surface area contributed by atoms with Crippen LogP contribution in [0.5, 0.6) is 0 Å². The summed E-state index contributed by atoms with van der Waals surface area (Å²) in [7, 11) is 0. The molecular formula is C9H13NO2. The minimum absolute atomic E-state index is 0.251. The van der Waals surface area contributed by atoms with Gasteiger partial charge in [0.15, 0.2) is 0 Å². The molecule has 3 heteroatoms. The fourth-order valence-electron chi connectivity index (χ4n) is 1.29. The highest BCUT2D eigenvalue weighted by Crippen LogP contribution is 2.21. The molecule has 1 rings (SSSR count). The topological polar surface area (TPSA) is 53.1 Å². The molecule has 0 amide bonds. The van der Waals surface area contributed by atoms with Crippen molar-refractivity contribution in [2.24, 2.45) is 0 Å². The van der Waals surface area contributed by atoms with E-state index in [2.05, 4.69) is 4.98 Å². The molecule has 0 aliphatic carbocycles. The molecule has 66 valence electrons. The van der Waals surface area contributed by atoms with Gasteiger partial charge < -0.3 is 10.1 Å². The number of aromatic nitrogens is 1. The molecule has 1 heterocycles. The van der Waals surface area contributed by atoms with E-state index < -0.39 is 5.97 Å². The molecule has 3 nitrogen and oxygen atoms in total. The number of rotatable bonds is 2. The molecule has 2 N–H and O–H groups in total. The molecule has 0 atom stereocenters. The van der Waals surface area contributed by atoms with Crippen molar-refractivity contribution in [3.8, 4) is 0 Å². The Labute approximate surface area is 71.4 Å². The van der Waals surface area contributed by atoms with Crippen LogP contribution in [0.2, 0.25) is 0 Å². The highest BCUT2D eigenvalue weighted by atomic mass is 16.4. The fraction of sp³-hybridized carbons (Fsp3) is 0.444. The molecule has 0 saturated carbocycles. The van der Waals surface area contributed by atoms with Crippen LogP contribution < -0.4 is 0 Å². The summed E-state index contributed by atoms with van der Waals surface area (Å²) in [6.45, 7) is 5.74. The number of carboxylic acid groups (broad SMARTS) is 1. The van der Waals surface area contributed by atoms with Gasteiger partial charge in [0, 0.05) is 11.9 Å². The van der Waals surface area contributed by atoms with Gasteiger partial charge in [-0.25, -0.2) is 4.79 Å². The summed E-state index contributed by atoms with van der Waals surface area (Å²) in [5, 5.41) is 8.86. The molecule has 0 fully saturated rings. The Hall–Kier alpha value is -1.25. The summed E-state index contributed by atoms with van der Waals surface area (Å²) >= 11 is 0. The Morgan fingerprint density at radius 1 is 1.58 bits per heavy atom. The van der Waals surface area contributed by atoms with Crippen LogP contribution in [0.1, 0.15) is 41.4 Å². The van der Waals surface area contributed by atoms with Crippen molar-refractivity contribution in [1.29, 1.82) is 0 Å². The molecule has 0 radical (unpaired) electrons. The van der Waals surface area contributed by atoms with Crippen molar-refractivity contribution >= 4 is 5.97 Å². The molecule has 0 unspecified atom stereocenters. The van der Waals surface area contributed by atoms with Crippen molar-refractivity contribution in [1.82, 2.24) is 4.98 Å². The maximum absolute atomic E-state index is 10.8. The molecular weight excluding hydrogens is 154 g/mol. The molecule has 12 heavy (non-hydrogen) atoms. The number of carbonyl (C=O) groups is 1. The molecule has 0 aromatic carbocycles. The first-order valence-electron chi connectivity index (χ1n) is 3.95. The second-order valence-electron chi connectivity index (χ2n) is 3.20. The van der Waals surface area contributed by atoms with Gasteiger partial charge in [0.1, 0.15) is 0 Å². The van der Waals surface area contributed by atoms with Gasteiger partial charge in [0.25, 0.3) is 0 Å². The van der Waals surface area contributed by atoms with Crippen LogP contribution in [-0.2, 0) is 0 Å². The third-order valence-electron chi connectivity index (χ3n) is 1.94. The predicted molar refractivity (Wildman–Crippen MR) is 46.6 cm³/mol. The Morgan fingerprint density at radius 3 is 2.50 bits per heavy atom. The maximum Gasteiger partial charge on any atom is 0.337 e. The van der Waals surface area contributed by atoms with Crippen LogP contribution in [0, 0.1) is 6.92 Å². The van der Waals surface area contributed by atoms with Crippen LogP contribution in [0.15, 0.2) is 6.20 Å². The lowest BCUT2D eigenvalue weighted by atomic mass is 10.0. The second kappa shape index (κ2) is 3.01. The van der Waals surface area contributed by atoms with Gasteiger partial charge in [-0.3, -0.25) is 0 Å². The summed E-state index contributed by atoms with van der Waals surface area (Å²) in [5.41, 5.74) is 2.02. The zero-order valence-electron chi connectivity index (χ0n) is 7.51. The predicted octanol–water partition coefficient (Wildman–Crippen LogP) is 2.14. The Bertz CT molecular complexity index is 299. The van der Waals surface area contributed by atoms with E-state index in [0.29, 0.717) is 5.56 Å². The average Bonchev–Trinajstić information content (AvgIpc) is 2.30. The molecule has 0 aliphatic rings. The maximum atomic E-state index is 10.8.